The van der Waals surface area contributed by atoms with Crippen LogP contribution in [-0.2, 0) is 11.3 Å². The minimum absolute atomic E-state index is 0.401. The lowest BCUT2D eigenvalue weighted by molar-refractivity contribution is -0.192. The molecular weight excluding hydrogens is 439 g/mol. The maximum absolute atomic E-state index is 12.8. The number of nitrogens with one attached hydrogen (secondary N) is 1. The molecule has 3 rings (SSSR count). The van der Waals surface area contributed by atoms with Gasteiger partial charge in [-0.15, -0.1) is 10.2 Å². The molecule has 0 radical (unpaired) electrons. The Bertz CT molecular complexity index is 807. The van der Waals surface area contributed by atoms with Crippen LogP contribution in [0, 0.1) is 0 Å². The zero-order valence-corrected chi connectivity index (χ0v) is 16.2. The average molecular weight is 457 g/mol. The number of carboxylic acid groups (broad SMARTS) is 1. The van der Waals surface area contributed by atoms with Crippen molar-refractivity contribution in [2.24, 2.45) is 0 Å². The maximum Gasteiger partial charge on any atom is 0.490 e. The lowest BCUT2D eigenvalue weighted by Crippen LogP contribution is -2.48. The Kier molecular flexibility index (Phi) is 8.03. The number of rotatable bonds is 5. The summed E-state index contributed by atoms with van der Waals surface area (Å²) >= 11 is 5.00. The summed E-state index contributed by atoms with van der Waals surface area (Å²) in [4.78, 5) is 12.8. The second-order valence-corrected chi connectivity index (χ2v) is 6.92. The van der Waals surface area contributed by atoms with E-state index in [1.165, 1.54) is 0 Å². The molecule has 1 aromatic carbocycles. The highest BCUT2D eigenvalue weighted by molar-refractivity contribution is 6.21. The number of nitrogens with zero attached hydrogens (tertiary/aromatic N) is 5. The summed E-state index contributed by atoms with van der Waals surface area (Å²) in [5.41, 5.74) is 2.01. The number of carboxylic acids is 1. The molecule has 14 heteroatoms. The van der Waals surface area contributed by atoms with Crippen LogP contribution in [0.2, 0.25) is 0 Å². The normalized spacial score (nSPS) is 16.1. The summed E-state index contributed by atoms with van der Waals surface area (Å²) in [6, 6.07) is 7.86. The first kappa shape index (κ1) is 23.9. The summed E-state index contributed by atoms with van der Waals surface area (Å²) in [5, 5.41) is 18.0. The van der Waals surface area contributed by atoms with Crippen molar-refractivity contribution in [3.8, 4) is 11.4 Å². The van der Waals surface area contributed by atoms with E-state index in [1.54, 1.807) is 4.90 Å². The standard InChI is InChI=1S/C14H17ClF2N6.C2HF3O2/c15-14(16,17)10-23-7-5-22(6-8-23)9-11-3-1-2-4-12(11)13-18-20-21-19-13;3-2(4,5)1(6)7/h1-4H,5-10H2,(H,18,19,20,21);(H,6,7). The number of aliphatic carboxylic acids is 1. The van der Waals surface area contributed by atoms with E-state index in [1.807, 2.05) is 24.3 Å². The zero-order chi connectivity index (χ0) is 22.4. The van der Waals surface area contributed by atoms with Gasteiger partial charge in [-0.25, -0.2) is 4.79 Å². The number of hydrogen-bond acceptors (Lipinski definition) is 6. The van der Waals surface area contributed by atoms with Crippen LogP contribution in [0.4, 0.5) is 22.0 Å². The SMILES string of the molecule is FC(F)(Cl)CN1CCN(Cc2ccccc2-c2nn[nH]n2)CC1.O=C(O)C(F)(F)F. The van der Waals surface area contributed by atoms with Gasteiger partial charge in [0.2, 0.25) is 5.82 Å². The largest absolute Gasteiger partial charge is 0.490 e. The third-order valence-electron chi connectivity index (χ3n) is 4.11. The van der Waals surface area contributed by atoms with Gasteiger partial charge in [0.15, 0.2) is 0 Å². The van der Waals surface area contributed by atoms with Crippen molar-refractivity contribution < 1.29 is 31.9 Å². The molecule has 1 saturated heterocycles. The minimum atomic E-state index is -5.08. The topological polar surface area (TPSA) is 98.2 Å². The number of piperazine rings is 1. The quantitative estimate of drug-likeness (QED) is 0.527. The minimum Gasteiger partial charge on any atom is -0.475 e. The Labute approximate surface area is 172 Å². The number of H-pyrrole nitrogens is 1. The number of aromatic nitrogens is 4. The molecule has 0 unspecified atom stereocenters. The third-order valence-corrected chi connectivity index (χ3v) is 4.23. The number of halogens is 6. The molecule has 0 amide bonds. The molecule has 2 aromatic rings. The fourth-order valence-corrected chi connectivity index (χ4v) is 2.92. The Morgan fingerprint density at radius 2 is 1.67 bits per heavy atom. The van der Waals surface area contributed by atoms with E-state index in [-0.39, 0.29) is 0 Å². The molecule has 0 spiro atoms. The molecule has 8 nitrogen and oxygen atoms in total. The van der Waals surface area contributed by atoms with Crippen LogP contribution in [0.3, 0.4) is 0 Å². The molecule has 0 saturated carbocycles. The zero-order valence-electron chi connectivity index (χ0n) is 15.4. The number of alkyl halides is 6. The van der Waals surface area contributed by atoms with Gasteiger partial charge in [-0.05, 0) is 22.4 Å². The van der Waals surface area contributed by atoms with Crippen LogP contribution in [0.1, 0.15) is 5.56 Å². The van der Waals surface area contributed by atoms with E-state index < -0.39 is 24.1 Å². The van der Waals surface area contributed by atoms with Crippen molar-refractivity contribution in [1.29, 1.82) is 0 Å². The summed E-state index contributed by atoms with van der Waals surface area (Å²) in [6.45, 7) is 2.90. The predicted molar refractivity (Wildman–Crippen MR) is 95.8 cm³/mol. The predicted octanol–water partition coefficient (Wildman–Crippen LogP) is 2.45. The first-order valence-corrected chi connectivity index (χ1v) is 8.97. The summed E-state index contributed by atoms with van der Waals surface area (Å²) < 4.78 is 57.4. The van der Waals surface area contributed by atoms with E-state index in [4.69, 9.17) is 21.5 Å². The van der Waals surface area contributed by atoms with Gasteiger partial charge in [0.1, 0.15) is 0 Å². The number of carbonyl (C=O) groups is 1. The first-order valence-electron chi connectivity index (χ1n) is 8.59. The highest BCUT2D eigenvalue weighted by Gasteiger charge is 2.38. The number of benzene rings is 1. The van der Waals surface area contributed by atoms with E-state index in [2.05, 4.69) is 25.5 Å². The molecule has 1 aromatic heterocycles. The second kappa shape index (κ2) is 10.1. The van der Waals surface area contributed by atoms with Crippen molar-refractivity contribution >= 4 is 17.6 Å². The van der Waals surface area contributed by atoms with Crippen LogP contribution >= 0.6 is 11.6 Å². The highest BCUT2D eigenvalue weighted by atomic mass is 35.5. The Morgan fingerprint density at radius 1 is 1.10 bits per heavy atom. The van der Waals surface area contributed by atoms with Crippen LogP contribution in [0.25, 0.3) is 11.4 Å². The fourth-order valence-electron chi connectivity index (χ4n) is 2.75. The lowest BCUT2D eigenvalue weighted by Gasteiger charge is -2.35. The van der Waals surface area contributed by atoms with Gasteiger partial charge in [-0.1, -0.05) is 24.3 Å². The number of tetrazole rings is 1. The summed E-state index contributed by atoms with van der Waals surface area (Å²) in [5.74, 6) is -2.20. The Balaban J connectivity index is 0.000000396. The molecule has 1 aliphatic rings. The van der Waals surface area contributed by atoms with Gasteiger partial charge in [0.25, 0.3) is 0 Å². The van der Waals surface area contributed by atoms with Crippen LogP contribution < -0.4 is 0 Å². The molecule has 0 aliphatic carbocycles. The van der Waals surface area contributed by atoms with Crippen molar-refractivity contribution in [2.75, 3.05) is 32.7 Å². The molecular formula is C16H18ClF5N6O2. The molecule has 1 fully saturated rings. The smallest absolute Gasteiger partial charge is 0.475 e. The van der Waals surface area contributed by atoms with E-state index >= 15 is 0 Å². The molecule has 30 heavy (non-hydrogen) atoms. The molecule has 2 N–H and O–H groups in total. The molecule has 2 heterocycles. The van der Waals surface area contributed by atoms with E-state index in [0.717, 1.165) is 17.7 Å². The lowest BCUT2D eigenvalue weighted by atomic mass is 10.1. The van der Waals surface area contributed by atoms with Crippen molar-refractivity contribution in [1.82, 2.24) is 30.4 Å². The maximum atomic E-state index is 12.8. The van der Waals surface area contributed by atoms with Crippen molar-refractivity contribution in [3.05, 3.63) is 29.8 Å². The second-order valence-electron chi connectivity index (χ2n) is 6.36. The molecule has 1 aliphatic heterocycles. The summed E-state index contributed by atoms with van der Waals surface area (Å²) in [6.07, 6.45) is -5.08. The highest BCUT2D eigenvalue weighted by Crippen LogP contribution is 2.23. The van der Waals surface area contributed by atoms with Gasteiger partial charge in [0.05, 0.1) is 6.54 Å². The number of hydrogen-bond donors (Lipinski definition) is 2. The molecule has 0 atom stereocenters. The van der Waals surface area contributed by atoms with Crippen molar-refractivity contribution in [3.63, 3.8) is 0 Å². The Morgan fingerprint density at radius 3 is 2.17 bits per heavy atom. The van der Waals surface area contributed by atoms with E-state index in [0.29, 0.717) is 32.0 Å². The van der Waals surface area contributed by atoms with Gasteiger partial charge in [-0.3, -0.25) is 9.80 Å². The number of aromatic amines is 1. The molecule has 0 bridgehead atoms. The Hall–Kier alpha value is -2.38. The summed E-state index contributed by atoms with van der Waals surface area (Å²) in [7, 11) is 0. The van der Waals surface area contributed by atoms with E-state index in [9.17, 15) is 22.0 Å². The van der Waals surface area contributed by atoms with Crippen LogP contribution in [0.5, 0.6) is 0 Å². The van der Waals surface area contributed by atoms with Gasteiger partial charge < -0.3 is 5.11 Å². The van der Waals surface area contributed by atoms with Gasteiger partial charge >= 0.3 is 17.5 Å². The van der Waals surface area contributed by atoms with Gasteiger partial charge in [0, 0.05) is 38.3 Å². The van der Waals surface area contributed by atoms with Crippen LogP contribution in [-0.4, -0.2) is 85.8 Å². The van der Waals surface area contributed by atoms with Crippen LogP contribution in [0.15, 0.2) is 24.3 Å². The van der Waals surface area contributed by atoms with Crippen molar-refractivity contribution in [2.45, 2.75) is 18.1 Å². The average Bonchev–Trinajstić information content (AvgIpc) is 3.17. The third kappa shape index (κ3) is 7.80. The monoisotopic (exact) mass is 456 g/mol. The first-order chi connectivity index (χ1) is 14.0. The van der Waals surface area contributed by atoms with Gasteiger partial charge in [-0.2, -0.15) is 27.2 Å². The molecule has 166 valence electrons. The fraction of sp³-hybridized carbons (Fsp3) is 0.500.